The van der Waals surface area contributed by atoms with Gasteiger partial charge in [-0.1, -0.05) is 18.2 Å². The molecule has 48 heavy (non-hydrogen) atoms. The van der Waals surface area contributed by atoms with E-state index in [1.54, 1.807) is 0 Å². The number of aromatic nitrogens is 2. The average Bonchev–Trinajstić information content (AvgIpc) is 3.70. The second-order valence-corrected chi connectivity index (χ2v) is 16.4. The van der Waals surface area contributed by atoms with E-state index in [9.17, 15) is 8.78 Å². The Bertz CT molecular complexity index is 1710. The first-order valence-corrected chi connectivity index (χ1v) is 17.0. The van der Waals surface area contributed by atoms with Crippen LogP contribution in [0.15, 0.2) is 53.3 Å². The number of rotatable bonds is 2. The van der Waals surface area contributed by atoms with E-state index in [1.807, 2.05) is 119 Å². The lowest BCUT2D eigenvalue weighted by Gasteiger charge is -2.32. The minimum Gasteiger partial charge on any atom is -0.405 e. The lowest BCUT2D eigenvalue weighted by atomic mass is 9.49. The Morgan fingerprint density at radius 2 is 0.875 bits per heavy atom. The molecule has 2 aromatic carbocycles. The number of nitrogens with one attached hydrogen (secondary N) is 2. The van der Waals surface area contributed by atoms with Crippen molar-refractivity contribution in [3.63, 3.8) is 0 Å². The predicted octanol–water partition coefficient (Wildman–Crippen LogP) is 7.92. The van der Waals surface area contributed by atoms with Crippen LogP contribution in [0.1, 0.15) is 83.1 Å². The first-order chi connectivity index (χ1) is 22.0. The Morgan fingerprint density at radius 1 is 0.521 bits per heavy atom. The van der Waals surface area contributed by atoms with Crippen molar-refractivity contribution in [2.24, 2.45) is 0 Å². The lowest BCUT2D eigenvalue weighted by molar-refractivity contribution is 0.00578. The van der Waals surface area contributed by atoms with Crippen LogP contribution in [-0.2, 0) is 27.9 Å². The van der Waals surface area contributed by atoms with Crippen LogP contribution in [0.4, 0.5) is 8.78 Å². The number of hydrogen-bond acceptors (Lipinski definition) is 6. The molecule has 0 bridgehead atoms. The molecule has 258 valence electrons. The van der Waals surface area contributed by atoms with E-state index >= 15 is 0 Å². The van der Waals surface area contributed by atoms with Gasteiger partial charge in [-0.3, -0.25) is 0 Å². The van der Waals surface area contributed by atoms with Gasteiger partial charge in [0.15, 0.2) is 0 Å². The topological polar surface area (TPSA) is 87.0 Å². The van der Waals surface area contributed by atoms with Gasteiger partial charge >= 0.3 is 21.1 Å². The zero-order valence-electron chi connectivity index (χ0n) is 29.9. The molecule has 2 N–H and O–H groups in total. The van der Waals surface area contributed by atoms with Crippen LogP contribution in [0, 0.1) is 11.6 Å². The maximum absolute atomic E-state index is 13.9. The number of hydrogen-bond donors (Lipinski definition) is 2. The van der Waals surface area contributed by atoms with Gasteiger partial charge in [0.05, 0.1) is 33.6 Å². The van der Waals surface area contributed by atoms with Crippen LogP contribution in [-0.4, -0.2) is 64.7 Å². The third kappa shape index (κ3) is 6.78. The summed E-state index contributed by atoms with van der Waals surface area (Å²) in [5.41, 5.74) is 0.0149. The summed E-state index contributed by atoms with van der Waals surface area (Å²) in [6.07, 6.45) is 2.72. The Balaban J connectivity index is 0.000000146. The van der Waals surface area contributed by atoms with Crippen LogP contribution in [0.25, 0.3) is 21.8 Å². The van der Waals surface area contributed by atoms with Crippen molar-refractivity contribution in [3.05, 3.63) is 64.9 Å². The lowest BCUT2D eigenvalue weighted by Crippen LogP contribution is -2.41. The Kier molecular flexibility index (Phi) is 9.69. The maximum Gasteiger partial charge on any atom is 0.495 e. The van der Waals surface area contributed by atoms with E-state index in [0.29, 0.717) is 10.8 Å². The largest absolute Gasteiger partial charge is 0.495 e. The summed E-state index contributed by atoms with van der Waals surface area (Å²) >= 11 is 3.27. The highest BCUT2D eigenvalue weighted by Crippen LogP contribution is 2.43. The number of benzene rings is 2. The summed E-state index contributed by atoms with van der Waals surface area (Å²) in [6.45, 7) is 24.2. The van der Waals surface area contributed by atoms with Gasteiger partial charge in [-0.2, -0.15) is 0 Å². The number of aromatic amines is 2. The van der Waals surface area contributed by atoms with Crippen molar-refractivity contribution >= 4 is 64.3 Å². The molecule has 8 nitrogen and oxygen atoms in total. The molecule has 2 aromatic heterocycles. The normalized spacial score (nSPS) is 22.9. The first kappa shape index (κ1) is 37.1. The van der Waals surface area contributed by atoms with Crippen molar-refractivity contribution in [1.29, 1.82) is 0 Å². The van der Waals surface area contributed by atoms with Crippen LogP contribution in [0.3, 0.4) is 0 Å². The highest BCUT2D eigenvalue weighted by molar-refractivity contribution is 9.10. The Hall–Kier alpha value is -2.19. The zero-order chi connectivity index (χ0) is 35.7. The summed E-state index contributed by atoms with van der Waals surface area (Å²) in [4.78, 5) is 5.73. The fourth-order valence-corrected chi connectivity index (χ4v) is 5.99. The van der Waals surface area contributed by atoms with Crippen molar-refractivity contribution in [2.75, 3.05) is 0 Å². The zero-order valence-corrected chi connectivity index (χ0v) is 31.5. The molecule has 14 heteroatoms. The SMILES string of the molecule is CC1(C)OB(B2OC(C)(C)C(C)(C)O2)OC1(C)C.CC1(C)OB(c2cccc3[nH]cc(F)c23)OC1(C)C.Fc1c[nH]c2cccc(Br)c12. The molecular weight excluding hydrogens is 683 g/mol. The van der Waals surface area contributed by atoms with Crippen molar-refractivity contribution in [3.8, 4) is 0 Å². The fourth-order valence-electron chi connectivity index (χ4n) is 5.44. The number of halogens is 3. The monoisotopic (exact) mass is 728 g/mol. The molecule has 3 saturated heterocycles. The van der Waals surface area contributed by atoms with Crippen molar-refractivity contribution < 1.29 is 36.7 Å². The summed E-state index contributed by atoms with van der Waals surface area (Å²) in [7, 11) is -1.49. The Labute approximate surface area is 291 Å². The standard InChI is InChI=1S/C14H17BFNO2.C12H24B2O4.C8H5BrFN/c1-13(2)14(3,4)19-15(18-13)9-6-5-7-11-12(9)10(16)8-17-11;1-9(2)10(3,4)16-13(15-9)14-17-11(5,6)12(7,8)18-14;9-5-2-1-3-7-8(5)6(10)4-11-7/h5-8,17H,1-4H3;1-8H3;1-4,11H. The summed E-state index contributed by atoms with van der Waals surface area (Å²) < 4.78 is 63.4. The van der Waals surface area contributed by atoms with Gasteiger partial charge in [-0.05, 0) is 123 Å². The minimum atomic E-state index is -0.543. The molecule has 0 radical (unpaired) electrons. The van der Waals surface area contributed by atoms with Crippen LogP contribution < -0.4 is 5.46 Å². The highest BCUT2D eigenvalue weighted by Gasteiger charge is 2.63. The molecule has 5 heterocycles. The quantitative estimate of drug-likeness (QED) is 0.204. The molecule has 3 fully saturated rings. The molecule has 3 aliphatic rings. The summed E-state index contributed by atoms with van der Waals surface area (Å²) in [5.74, 6) is -0.493. The van der Waals surface area contributed by atoms with Gasteiger partial charge in [0.1, 0.15) is 11.6 Å². The maximum atomic E-state index is 13.9. The summed E-state index contributed by atoms with van der Waals surface area (Å²) in [6, 6.07) is 11.1. The van der Waals surface area contributed by atoms with Gasteiger partial charge in [-0.15, -0.1) is 0 Å². The Morgan fingerprint density at radius 3 is 1.29 bits per heavy atom. The second kappa shape index (κ2) is 12.5. The first-order valence-electron chi connectivity index (χ1n) is 16.2. The van der Waals surface area contributed by atoms with Crippen LogP contribution in [0.5, 0.6) is 0 Å². The molecule has 0 amide bonds. The van der Waals surface area contributed by atoms with E-state index in [4.69, 9.17) is 27.9 Å². The van der Waals surface area contributed by atoms with Crippen molar-refractivity contribution in [2.45, 2.75) is 117 Å². The highest BCUT2D eigenvalue weighted by atomic mass is 79.9. The van der Waals surface area contributed by atoms with Crippen LogP contribution in [0.2, 0.25) is 0 Å². The molecule has 4 aromatic rings. The smallest absolute Gasteiger partial charge is 0.405 e. The van der Waals surface area contributed by atoms with Gasteiger partial charge in [-0.25, -0.2) is 8.78 Å². The molecular formula is C34H46B3BrF2N2O6. The molecule has 0 atom stereocenters. The van der Waals surface area contributed by atoms with Gasteiger partial charge in [0.25, 0.3) is 0 Å². The van der Waals surface area contributed by atoms with E-state index in [1.165, 1.54) is 12.4 Å². The third-order valence-corrected chi connectivity index (χ3v) is 11.2. The van der Waals surface area contributed by atoms with E-state index in [0.717, 1.165) is 21.0 Å². The molecule has 0 saturated carbocycles. The van der Waals surface area contributed by atoms with Crippen molar-refractivity contribution in [1.82, 2.24) is 9.97 Å². The molecule has 0 aliphatic carbocycles. The number of H-pyrrole nitrogens is 2. The van der Waals surface area contributed by atoms with E-state index in [-0.39, 0.29) is 34.0 Å². The van der Waals surface area contributed by atoms with E-state index in [2.05, 4.69) is 25.9 Å². The minimum absolute atomic E-state index is 0.215. The van der Waals surface area contributed by atoms with Gasteiger partial charge in [0.2, 0.25) is 0 Å². The van der Waals surface area contributed by atoms with Gasteiger partial charge < -0.3 is 37.9 Å². The second-order valence-electron chi connectivity index (χ2n) is 15.5. The predicted molar refractivity (Wildman–Crippen MR) is 192 cm³/mol. The average molecular weight is 729 g/mol. The number of fused-ring (bicyclic) bond motifs is 2. The molecule has 3 aliphatic heterocycles. The third-order valence-electron chi connectivity index (χ3n) is 10.6. The molecule has 7 rings (SSSR count). The molecule has 0 unspecified atom stereocenters. The molecule has 0 spiro atoms. The fraction of sp³-hybridized carbons (Fsp3) is 0.529. The van der Waals surface area contributed by atoms with Crippen LogP contribution >= 0.6 is 15.9 Å². The van der Waals surface area contributed by atoms with E-state index < -0.39 is 32.3 Å². The van der Waals surface area contributed by atoms with Gasteiger partial charge in [0, 0.05) is 38.7 Å². The summed E-state index contributed by atoms with van der Waals surface area (Å²) in [5, 5.41) is 1.16.